The summed E-state index contributed by atoms with van der Waals surface area (Å²) in [6.45, 7) is 0. The second kappa shape index (κ2) is 4.59. The summed E-state index contributed by atoms with van der Waals surface area (Å²) in [6, 6.07) is 7.19. The molecule has 2 rings (SSSR count). The van der Waals surface area contributed by atoms with Crippen LogP contribution in [0.5, 0.6) is 0 Å². The van der Waals surface area contributed by atoms with Crippen LogP contribution in [0.3, 0.4) is 0 Å². The monoisotopic (exact) mass is 251 g/mol. The number of hydrogen-bond donors (Lipinski definition) is 1. The highest BCUT2D eigenvalue weighted by atomic mass is 32.1. The molecule has 0 radical (unpaired) electrons. The molecule has 1 N–H and O–H groups in total. The number of benzene rings is 1. The summed E-state index contributed by atoms with van der Waals surface area (Å²) in [7, 11) is 1.37. The third kappa shape index (κ3) is 2.20. The number of H-pyrrole nitrogens is 1. The molecule has 0 unspecified atom stereocenters. The fourth-order valence-corrected chi connectivity index (χ4v) is 2.17. The number of esters is 1. The average Bonchev–Trinajstić information content (AvgIpc) is 2.75. The predicted octanol–water partition coefficient (Wildman–Crippen LogP) is 3.26. The van der Waals surface area contributed by atoms with Gasteiger partial charge in [-0.3, -0.25) is 0 Å². The first-order valence-electron chi connectivity index (χ1n) is 4.57. The highest BCUT2D eigenvalue weighted by molar-refractivity contribution is 7.73. The van der Waals surface area contributed by atoms with Crippen molar-refractivity contribution in [1.82, 2.24) is 4.98 Å². The summed E-state index contributed by atoms with van der Waals surface area (Å²) >= 11 is 6.49. The number of carbonyl (C=O) groups excluding carboxylic acids is 1. The summed E-state index contributed by atoms with van der Waals surface area (Å²) in [4.78, 5) is 14.3. The molecule has 3 nitrogen and oxygen atoms in total. The number of ether oxygens (including phenoxy) is 1. The SMILES string of the molecule is COC(=O)c1ccc(-c2csc(=S)[nH]2)cc1. The molecule has 5 heteroatoms. The van der Waals surface area contributed by atoms with Crippen LogP contribution in [0.2, 0.25) is 0 Å². The van der Waals surface area contributed by atoms with Crippen LogP contribution >= 0.6 is 23.6 Å². The maximum Gasteiger partial charge on any atom is 0.337 e. The van der Waals surface area contributed by atoms with Crippen LogP contribution in [0.15, 0.2) is 29.6 Å². The van der Waals surface area contributed by atoms with Crippen molar-refractivity contribution in [2.24, 2.45) is 0 Å². The molecule has 0 amide bonds. The number of methoxy groups -OCH3 is 1. The summed E-state index contributed by atoms with van der Waals surface area (Å²) < 4.78 is 5.37. The van der Waals surface area contributed by atoms with Crippen LogP contribution < -0.4 is 0 Å². The molecule has 1 heterocycles. The lowest BCUT2D eigenvalue weighted by Crippen LogP contribution is -2.00. The average molecular weight is 251 g/mol. The third-order valence-corrected chi connectivity index (χ3v) is 3.20. The summed E-state index contributed by atoms with van der Waals surface area (Å²) in [6.07, 6.45) is 0. The van der Waals surface area contributed by atoms with Gasteiger partial charge in [0.2, 0.25) is 0 Å². The number of carbonyl (C=O) groups is 1. The lowest BCUT2D eigenvalue weighted by Gasteiger charge is -2.00. The minimum absolute atomic E-state index is 0.329. The van der Waals surface area contributed by atoms with E-state index in [0.717, 1.165) is 15.2 Å². The Hall–Kier alpha value is -1.46. The van der Waals surface area contributed by atoms with Crippen LogP contribution in [0.25, 0.3) is 11.3 Å². The zero-order valence-electron chi connectivity index (χ0n) is 8.52. The van der Waals surface area contributed by atoms with E-state index in [1.807, 2.05) is 17.5 Å². The van der Waals surface area contributed by atoms with Crippen molar-refractivity contribution in [3.63, 3.8) is 0 Å². The molecule has 0 aliphatic heterocycles. The van der Waals surface area contributed by atoms with E-state index in [4.69, 9.17) is 12.2 Å². The standard InChI is InChI=1S/C11H9NO2S2/c1-14-10(13)8-4-2-7(3-5-8)9-6-16-11(15)12-9/h2-6H,1H3,(H,12,15). The van der Waals surface area contributed by atoms with Gasteiger partial charge in [-0.2, -0.15) is 0 Å². The van der Waals surface area contributed by atoms with Gasteiger partial charge in [0.1, 0.15) is 0 Å². The van der Waals surface area contributed by atoms with Gasteiger partial charge < -0.3 is 9.72 Å². The molecule has 0 atom stereocenters. The molecule has 2 aromatic rings. The number of hydrogen-bond acceptors (Lipinski definition) is 4. The summed E-state index contributed by atoms with van der Waals surface area (Å²) in [5.74, 6) is -0.329. The van der Waals surface area contributed by atoms with E-state index in [1.54, 1.807) is 12.1 Å². The van der Waals surface area contributed by atoms with E-state index in [-0.39, 0.29) is 5.97 Å². The number of aromatic nitrogens is 1. The van der Waals surface area contributed by atoms with E-state index in [2.05, 4.69) is 9.72 Å². The molecule has 0 spiro atoms. The molecule has 0 aliphatic carbocycles. The fourth-order valence-electron chi connectivity index (χ4n) is 1.33. The van der Waals surface area contributed by atoms with Gasteiger partial charge in [-0.15, -0.1) is 11.3 Å². The van der Waals surface area contributed by atoms with Crippen molar-refractivity contribution >= 4 is 29.5 Å². The van der Waals surface area contributed by atoms with Crippen LogP contribution in [0.4, 0.5) is 0 Å². The number of rotatable bonds is 2. The van der Waals surface area contributed by atoms with Gasteiger partial charge in [0.15, 0.2) is 3.95 Å². The Kier molecular flexibility index (Phi) is 3.17. The molecule has 16 heavy (non-hydrogen) atoms. The Morgan fingerprint density at radius 2 is 2.06 bits per heavy atom. The molecule has 0 aliphatic rings. The first-order valence-corrected chi connectivity index (χ1v) is 5.86. The van der Waals surface area contributed by atoms with Gasteiger partial charge in [-0.25, -0.2) is 4.79 Å². The lowest BCUT2D eigenvalue weighted by atomic mass is 10.1. The number of aromatic amines is 1. The second-order valence-corrected chi connectivity index (χ2v) is 4.68. The van der Waals surface area contributed by atoms with E-state index in [1.165, 1.54) is 18.4 Å². The third-order valence-electron chi connectivity index (χ3n) is 2.14. The fraction of sp³-hybridized carbons (Fsp3) is 0.0909. The van der Waals surface area contributed by atoms with Gasteiger partial charge in [0, 0.05) is 5.38 Å². The maximum absolute atomic E-state index is 11.2. The minimum atomic E-state index is -0.329. The Morgan fingerprint density at radius 1 is 1.38 bits per heavy atom. The zero-order valence-corrected chi connectivity index (χ0v) is 10.2. The first kappa shape index (κ1) is 11.0. The zero-order chi connectivity index (χ0) is 11.5. The minimum Gasteiger partial charge on any atom is -0.465 e. The van der Waals surface area contributed by atoms with Crippen molar-refractivity contribution in [2.75, 3.05) is 7.11 Å². The van der Waals surface area contributed by atoms with Crippen molar-refractivity contribution < 1.29 is 9.53 Å². The van der Waals surface area contributed by atoms with Crippen LogP contribution in [0.1, 0.15) is 10.4 Å². The summed E-state index contributed by atoms with van der Waals surface area (Å²) in [5, 5.41) is 1.95. The van der Waals surface area contributed by atoms with Crippen LogP contribution in [0, 0.1) is 3.95 Å². The predicted molar refractivity (Wildman–Crippen MR) is 66.3 cm³/mol. The number of thiazole rings is 1. The van der Waals surface area contributed by atoms with Gasteiger partial charge >= 0.3 is 5.97 Å². The molecular weight excluding hydrogens is 242 g/mol. The molecule has 0 saturated heterocycles. The Bertz CT molecular complexity index is 554. The van der Waals surface area contributed by atoms with Crippen molar-refractivity contribution in [1.29, 1.82) is 0 Å². The maximum atomic E-state index is 11.2. The normalized spacial score (nSPS) is 10.1. The van der Waals surface area contributed by atoms with Gasteiger partial charge in [-0.05, 0) is 29.9 Å². The summed E-state index contributed by atoms with van der Waals surface area (Å²) in [5.41, 5.74) is 2.51. The number of nitrogens with one attached hydrogen (secondary N) is 1. The van der Waals surface area contributed by atoms with Crippen LogP contribution in [-0.2, 0) is 4.74 Å². The highest BCUT2D eigenvalue weighted by Gasteiger charge is 2.05. The topological polar surface area (TPSA) is 42.1 Å². The molecular formula is C11H9NO2S2. The van der Waals surface area contributed by atoms with E-state index >= 15 is 0 Å². The Balaban J connectivity index is 2.32. The quantitative estimate of drug-likeness (QED) is 0.658. The first-order chi connectivity index (χ1) is 7.70. The van der Waals surface area contributed by atoms with E-state index < -0.39 is 0 Å². The van der Waals surface area contributed by atoms with Gasteiger partial charge in [0.05, 0.1) is 18.4 Å². The Labute approximate surface area is 102 Å². The molecule has 82 valence electrons. The van der Waals surface area contributed by atoms with Crippen molar-refractivity contribution in [2.45, 2.75) is 0 Å². The van der Waals surface area contributed by atoms with Gasteiger partial charge in [0.25, 0.3) is 0 Å². The Morgan fingerprint density at radius 3 is 2.56 bits per heavy atom. The largest absolute Gasteiger partial charge is 0.465 e. The molecule has 1 aromatic carbocycles. The van der Waals surface area contributed by atoms with Gasteiger partial charge in [-0.1, -0.05) is 12.1 Å². The molecule has 0 fully saturated rings. The molecule has 1 aromatic heterocycles. The van der Waals surface area contributed by atoms with E-state index in [0.29, 0.717) is 5.56 Å². The van der Waals surface area contributed by atoms with Crippen LogP contribution in [-0.4, -0.2) is 18.1 Å². The van der Waals surface area contributed by atoms with Crippen molar-refractivity contribution in [3.05, 3.63) is 39.2 Å². The lowest BCUT2D eigenvalue weighted by molar-refractivity contribution is 0.0601. The highest BCUT2D eigenvalue weighted by Crippen LogP contribution is 2.20. The smallest absolute Gasteiger partial charge is 0.337 e. The second-order valence-electron chi connectivity index (χ2n) is 3.13. The van der Waals surface area contributed by atoms with Crippen molar-refractivity contribution in [3.8, 4) is 11.3 Å². The van der Waals surface area contributed by atoms with E-state index in [9.17, 15) is 4.79 Å². The molecule has 0 saturated carbocycles. The molecule has 0 bridgehead atoms.